The highest BCUT2D eigenvalue weighted by Gasteiger charge is 2.17. The fourth-order valence-corrected chi connectivity index (χ4v) is 1.40. The largest absolute Gasteiger partial charge is 0.371 e. The Hall–Kier alpha value is -0.220. The second kappa shape index (κ2) is 3.25. The minimum atomic E-state index is 0.260. The number of rotatable bonds is 1. The van der Waals surface area contributed by atoms with E-state index < -0.39 is 0 Å². The Bertz CT molecular complexity index is 167. The molecule has 0 aromatic carbocycles. The van der Waals surface area contributed by atoms with Gasteiger partial charge in [-0.3, -0.25) is 0 Å². The van der Waals surface area contributed by atoms with Crippen molar-refractivity contribution in [3.05, 3.63) is 0 Å². The molecule has 1 heterocycles. The van der Waals surface area contributed by atoms with Gasteiger partial charge in [-0.15, -0.1) is 0 Å². The lowest BCUT2D eigenvalue weighted by molar-refractivity contribution is 0.698. The molecular weight excluding hydrogens is 164 g/mol. The molecule has 1 fully saturated rings. The van der Waals surface area contributed by atoms with Crippen molar-refractivity contribution in [1.29, 1.82) is 0 Å². The highest BCUT2D eigenvalue weighted by Crippen LogP contribution is 1.97. The van der Waals surface area contributed by atoms with Gasteiger partial charge in [0.15, 0.2) is 0 Å². The maximum atomic E-state index is 5.05. The van der Waals surface area contributed by atoms with E-state index in [9.17, 15) is 0 Å². The fourth-order valence-electron chi connectivity index (χ4n) is 0.889. The van der Waals surface area contributed by atoms with Crippen LogP contribution in [0.25, 0.3) is 0 Å². The van der Waals surface area contributed by atoms with E-state index in [2.05, 4.69) is 17.6 Å². The normalized spacial score (nSPS) is 25.5. The summed E-state index contributed by atoms with van der Waals surface area (Å²) < 4.78 is 0. The van der Waals surface area contributed by atoms with Crippen LogP contribution in [0.4, 0.5) is 0 Å². The first kappa shape index (κ1) is 7.88. The Morgan fingerprint density at radius 3 is 2.80 bits per heavy atom. The average molecular weight is 174 g/mol. The van der Waals surface area contributed by atoms with E-state index >= 15 is 0 Å². The molecule has 1 unspecified atom stereocenters. The standard InChI is InChI=1S/C6H10N2S2/c1-2-4-6(10)7-3-5(9)8-4/h4H,2-3H2,1H3,(H,7,10)(H,8,9). The molecule has 0 aromatic rings. The van der Waals surface area contributed by atoms with Gasteiger partial charge in [0.2, 0.25) is 0 Å². The summed E-state index contributed by atoms with van der Waals surface area (Å²) in [4.78, 5) is 1.75. The summed E-state index contributed by atoms with van der Waals surface area (Å²) in [7, 11) is 0. The molecule has 1 rings (SSSR count). The summed E-state index contributed by atoms with van der Waals surface area (Å²) in [5.41, 5.74) is 0. The van der Waals surface area contributed by atoms with Crippen molar-refractivity contribution in [1.82, 2.24) is 10.6 Å². The van der Waals surface area contributed by atoms with Crippen LogP contribution in [0.15, 0.2) is 0 Å². The first-order chi connectivity index (χ1) is 4.74. The zero-order valence-electron chi connectivity index (χ0n) is 5.81. The van der Waals surface area contributed by atoms with Crippen LogP contribution in [-0.2, 0) is 0 Å². The molecule has 0 aromatic heterocycles. The predicted molar refractivity (Wildman–Crippen MR) is 50.4 cm³/mol. The van der Waals surface area contributed by atoms with Gasteiger partial charge in [0.05, 0.1) is 22.6 Å². The van der Waals surface area contributed by atoms with Crippen molar-refractivity contribution in [2.75, 3.05) is 6.54 Å². The van der Waals surface area contributed by atoms with Crippen molar-refractivity contribution in [3.8, 4) is 0 Å². The molecule has 0 saturated carbocycles. The van der Waals surface area contributed by atoms with Gasteiger partial charge in [-0.2, -0.15) is 0 Å². The van der Waals surface area contributed by atoms with E-state index in [-0.39, 0.29) is 6.04 Å². The van der Waals surface area contributed by atoms with Gasteiger partial charge in [0.1, 0.15) is 0 Å². The molecule has 10 heavy (non-hydrogen) atoms. The van der Waals surface area contributed by atoms with E-state index in [4.69, 9.17) is 24.4 Å². The van der Waals surface area contributed by atoms with Crippen LogP contribution < -0.4 is 10.6 Å². The van der Waals surface area contributed by atoms with E-state index in [0.717, 1.165) is 16.4 Å². The molecule has 0 radical (unpaired) electrons. The first-order valence-corrected chi connectivity index (χ1v) is 4.12. The zero-order chi connectivity index (χ0) is 7.56. The Morgan fingerprint density at radius 1 is 1.60 bits per heavy atom. The lowest BCUT2D eigenvalue weighted by Crippen LogP contribution is -2.54. The third-order valence-electron chi connectivity index (χ3n) is 1.48. The highest BCUT2D eigenvalue weighted by atomic mass is 32.1. The highest BCUT2D eigenvalue weighted by molar-refractivity contribution is 7.81. The summed E-state index contributed by atoms with van der Waals surface area (Å²) >= 11 is 10.0. The summed E-state index contributed by atoms with van der Waals surface area (Å²) in [6.07, 6.45) is 0.992. The molecule has 0 bridgehead atoms. The zero-order valence-corrected chi connectivity index (χ0v) is 7.44. The molecule has 0 amide bonds. The smallest absolute Gasteiger partial charge is 0.0983 e. The molecule has 2 N–H and O–H groups in total. The predicted octanol–water partition coefficient (Wildman–Crippen LogP) is 0.613. The lowest BCUT2D eigenvalue weighted by atomic mass is 10.2. The number of hydrogen-bond acceptors (Lipinski definition) is 2. The molecule has 0 spiro atoms. The van der Waals surface area contributed by atoms with E-state index in [0.29, 0.717) is 6.54 Å². The number of hydrogen-bond donors (Lipinski definition) is 2. The van der Waals surface area contributed by atoms with Gasteiger partial charge in [-0.25, -0.2) is 0 Å². The van der Waals surface area contributed by atoms with E-state index in [1.165, 1.54) is 0 Å². The summed E-state index contributed by atoms with van der Waals surface area (Å²) in [6.45, 7) is 2.78. The van der Waals surface area contributed by atoms with E-state index in [1.54, 1.807) is 0 Å². The Morgan fingerprint density at radius 2 is 2.30 bits per heavy atom. The fraction of sp³-hybridized carbons (Fsp3) is 0.667. The van der Waals surface area contributed by atoms with Crippen LogP contribution in [0, 0.1) is 0 Å². The van der Waals surface area contributed by atoms with Gasteiger partial charge >= 0.3 is 0 Å². The number of nitrogens with one attached hydrogen (secondary N) is 2. The molecule has 4 heteroatoms. The van der Waals surface area contributed by atoms with Gasteiger partial charge in [-0.05, 0) is 6.42 Å². The third-order valence-corrected chi connectivity index (χ3v) is 2.17. The van der Waals surface area contributed by atoms with Gasteiger partial charge in [-0.1, -0.05) is 31.4 Å². The van der Waals surface area contributed by atoms with E-state index in [1.807, 2.05) is 0 Å². The summed E-state index contributed by atoms with van der Waals surface area (Å²) in [5.74, 6) is 0. The van der Waals surface area contributed by atoms with Crippen LogP contribution in [0.3, 0.4) is 0 Å². The van der Waals surface area contributed by atoms with Gasteiger partial charge in [0, 0.05) is 0 Å². The minimum Gasteiger partial charge on any atom is -0.371 e. The Balaban J connectivity index is 2.53. The maximum Gasteiger partial charge on any atom is 0.0983 e. The first-order valence-electron chi connectivity index (χ1n) is 3.31. The Kier molecular flexibility index (Phi) is 2.56. The van der Waals surface area contributed by atoms with Crippen LogP contribution in [-0.4, -0.2) is 22.6 Å². The molecular formula is C6H10N2S2. The van der Waals surface area contributed by atoms with Crippen molar-refractivity contribution < 1.29 is 0 Å². The van der Waals surface area contributed by atoms with Gasteiger partial charge in [0.25, 0.3) is 0 Å². The molecule has 1 saturated heterocycles. The number of piperazine rings is 1. The van der Waals surface area contributed by atoms with Crippen molar-refractivity contribution in [2.45, 2.75) is 19.4 Å². The summed E-state index contributed by atoms with van der Waals surface area (Å²) in [6, 6.07) is 0.260. The minimum absolute atomic E-state index is 0.260. The van der Waals surface area contributed by atoms with Crippen molar-refractivity contribution in [2.24, 2.45) is 0 Å². The maximum absolute atomic E-state index is 5.05. The molecule has 1 aliphatic rings. The molecule has 1 atom stereocenters. The van der Waals surface area contributed by atoms with Gasteiger partial charge < -0.3 is 10.6 Å². The molecule has 56 valence electrons. The quantitative estimate of drug-likeness (QED) is 0.569. The van der Waals surface area contributed by atoms with Crippen molar-refractivity contribution in [3.63, 3.8) is 0 Å². The molecule has 2 nitrogen and oxygen atoms in total. The Labute approximate surface area is 71.4 Å². The second-order valence-corrected chi connectivity index (χ2v) is 3.18. The van der Waals surface area contributed by atoms with Crippen LogP contribution in [0.5, 0.6) is 0 Å². The second-order valence-electron chi connectivity index (χ2n) is 2.25. The molecule has 0 aliphatic carbocycles. The number of thiocarbonyl (C=S) groups is 2. The average Bonchev–Trinajstić information content (AvgIpc) is 1.94. The van der Waals surface area contributed by atoms with Crippen molar-refractivity contribution >= 4 is 34.4 Å². The SMILES string of the molecule is CCC1NC(=S)CNC1=S. The summed E-state index contributed by atoms with van der Waals surface area (Å²) in [5, 5.41) is 6.20. The van der Waals surface area contributed by atoms with Crippen LogP contribution in [0.2, 0.25) is 0 Å². The molecule has 1 aliphatic heterocycles. The van der Waals surface area contributed by atoms with Crippen LogP contribution >= 0.6 is 24.4 Å². The van der Waals surface area contributed by atoms with Crippen LogP contribution in [0.1, 0.15) is 13.3 Å². The monoisotopic (exact) mass is 174 g/mol. The topological polar surface area (TPSA) is 24.1 Å². The third kappa shape index (κ3) is 1.64. The lowest BCUT2D eigenvalue weighted by Gasteiger charge is -2.26.